The van der Waals surface area contributed by atoms with Gasteiger partial charge in [-0.05, 0) is 0 Å². The third kappa shape index (κ3) is 3.83. The molecule has 0 N–H and O–H groups in total. The molecule has 0 saturated carbocycles. The maximum atomic E-state index is 10.7. The molecule has 0 aliphatic heterocycles. The van der Waals surface area contributed by atoms with Gasteiger partial charge in [0.2, 0.25) is 0 Å². The standard InChI is InChI=1S/C14H16N2OSe/c17-11-13-10-15-12-16(13)8-4-5-9-18-14-6-2-1-3-7-14/h1-3,6-7,10-12H,4-5,8-9H2. The summed E-state index contributed by atoms with van der Waals surface area (Å²) in [5, 5.41) is 1.25. The molecular weight excluding hydrogens is 291 g/mol. The van der Waals surface area contributed by atoms with Gasteiger partial charge >= 0.3 is 113 Å². The zero-order valence-electron chi connectivity index (χ0n) is 10.2. The molecule has 94 valence electrons. The fourth-order valence-corrected chi connectivity index (χ4v) is 3.67. The molecule has 0 radical (unpaired) electrons. The van der Waals surface area contributed by atoms with Gasteiger partial charge in [0, 0.05) is 0 Å². The van der Waals surface area contributed by atoms with Crippen molar-refractivity contribution in [2.75, 3.05) is 0 Å². The normalized spacial score (nSPS) is 10.4. The van der Waals surface area contributed by atoms with Crippen LogP contribution in [0.2, 0.25) is 5.32 Å². The third-order valence-electron chi connectivity index (χ3n) is 2.67. The van der Waals surface area contributed by atoms with Crippen LogP contribution in [0.5, 0.6) is 0 Å². The molecule has 0 aliphatic carbocycles. The summed E-state index contributed by atoms with van der Waals surface area (Å²) in [5.74, 6) is 0. The zero-order chi connectivity index (χ0) is 12.6. The van der Waals surface area contributed by atoms with E-state index in [-0.39, 0.29) is 0 Å². The van der Waals surface area contributed by atoms with E-state index in [0.717, 1.165) is 19.3 Å². The van der Waals surface area contributed by atoms with Gasteiger partial charge in [-0.2, -0.15) is 0 Å². The average Bonchev–Trinajstić information content (AvgIpc) is 2.87. The van der Waals surface area contributed by atoms with Crippen LogP contribution < -0.4 is 4.46 Å². The summed E-state index contributed by atoms with van der Waals surface area (Å²) in [5.41, 5.74) is 0.670. The minimum atomic E-state index is 0.573. The Bertz CT molecular complexity index is 482. The van der Waals surface area contributed by atoms with Gasteiger partial charge in [-0.3, -0.25) is 0 Å². The number of aromatic nitrogens is 2. The Morgan fingerprint density at radius 3 is 2.83 bits per heavy atom. The number of nitrogens with zero attached hydrogens (tertiary/aromatic N) is 2. The van der Waals surface area contributed by atoms with Crippen molar-refractivity contribution >= 4 is 25.7 Å². The molecule has 18 heavy (non-hydrogen) atoms. The van der Waals surface area contributed by atoms with Crippen molar-refractivity contribution in [2.24, 2.45) is 0 Å². The predicted molar refractivity (Wildman–Crippen MR) is 73.5 cm³/mol. The summed E-state index contributed by atoms with van der Waals surface area (Å²) in [7, 11) is 0. The summed E-state index contributed by atoms with van der Waals surface area (Å²) in [6, 6.07) is 10.6. The Labute approximate surface area is 113 Å². The molecule has 0 amide bonds. The van der Waals surface area contributed by atoms with E-state index in [9.17, 15) is 4.79 Å². The molecular formula is C14H16N2OSe. The molecule has 2 rings (SSSR count). The number of aryl methyl sites for hydroxylation is 1. The molecule has 1 aromatic heterocycles. The van der Waals surface area contributed by atoms with Crippen LogP contribution >= 0.6 is 0 Å². The molecule has 0 bridgehead atoms. The molecule has 0 saturated heterocycles. The van der Waals surface area contributed by atoms with Gasteiger partial charge in [-0.15, -0.1) is 0 Å². The molecule has 0 atom stereocenters. The van der Waals surface area contributed by atoms with Gasteiger partial charge in [-0.25, -0.2) is 0 Å². The Morgan fingerprint density at radius 1 is 1.22 bits per heavy atom. The van der Waals surface area contributed by atoms with Crippen molar-refractivity contribution in [2.45, 2.75) is 24.7 Å². The molecule has 4 heteroatoms. The monoisotopic (exact) mass is 308 g/mol. The van der Waals surface area contributed by atoms with Gasteiger partial charge in [-0.1, -0.05) is 0 Å². The number of benzene rings is 1. The van der Waals surface area contributed by atoms with Gasteiger partial charge in [0.25, 0.3) is 0 Å². The molecule has 0 unspecified atom stereocenters. The summed E-state index contributed by atoms with van der Waals surface area (Å²) in [6.07, 6.45) is 6.50. The fraction of sp³-hybridized carbons (Fsp3) is 0.286. The summed E-state index contributed by atoms with van der Waals surface area (Å²) < 4.78 is 3.38. The number of imidazole rings is 1. The molecule has 0 spiro atoms. The van der Waals surface area contributed by atoms with Crippen LogP contribution in [-0.2, 0) is 6.54 Å². The Hall–Kier alpha value is -1.38. The van der Waals surface area contributed by atoms with Crippen molar-refractivity contribution in [3.63, 3.8) is 0 Å². The van der Waals surface area contributed by atoms with Crippen molar-refractivity contribution in [3.8, 4) is 0 Å². The van der Waals surface area contributed by atoms with Gasteiger partial charge < -0.3 is 0 Å². The van der Waals surface area contributed by atoms with E-state index in [1.54, 1.807) is 12.5 Å². The second-order valence-corrected chi connectivity index (χ2v) is 6.45. The second-order valence-electron chi connectivity index (χ2n) is 4.00. The number of carbonyl (C=O) groups is 1. The van der Waals surface area contributed by atoms with Crippen LogP contribution in [0.15, 0.2) is 42.9 Å². The van der Waals surface area contributed by atoms with Crippen molar-refractivity contribution < 1.29 is 4.79 Å². The van der Waals surface area contributed by atoms with Gasteiger partial charge in [0.15, 0.2) is 0 Å². The van der Waals surface area contributed by atoms with Crippen molar-refractivity contribution in [1.82, 2.24) is 9.55 Å². The van der Waals surface area contributed by atoms with Crippen LogP contribution in [0, 0.1) is 0 Å². The fourth-order valence-electron chi connectivity index (χ4n) is 1.71. The number of hydrogen-bond acceptors (Lipinski definition) is 2. The molecule has 2 aromatic rings. The first-order valence-corrected chi connectivity index (χ1v) is 8.10. The number of carbonyl (C=O) groups excluding carboxylic acids is 1. The SMILES string of the molecule is O=Cc1cncn1CCCC[Se]c1ccccc1. The molecule has 1 aromatic carbocycles. The van der Waals surface area contributed by atoms with E-state index in [1.165, 1.54) is 16.2 Å². The first-order valence-electron chi connectivity index (χ1n) is 6.03. The Kier molecular flexibility index (Phi) is 5.18. The van der Waals surface area contributed by atoms with Crippen molar-refractivity contribution in [1.29, 1.82) is 0 Å². The van der Waals surface area contributed by atoms with Gasteiger partial charge in [0.1, 0.15) is 0 Å². The maximum absolute atomic E-state index is 10.7. The van der Waals surface area contributed by atoms with Gasteiger partial charge in [0.05, 0.1) is 0 Å². The van der Waals surface area contributed by atoms with E-state index in [2.05, 4.69) is 35.3 Å². The minimum absolute atomic E-state index is 0.573. The Morgan fingerprint density at radius 2 is 2.06 bits per heavy atom. The van der Waals surface area contributed by atoms with Crippen LogP contribution in [-0.4, -0.2) is 30.8 Å². The molecule has 0 fully saturated rings. The van der Waals surface area contributed by atoms with Crippen LogP contribution in [0.4, 0.5) is 0 Å². The quantitative estimate of drug-likeness (QED) is 0.445. The van der Waals surface area contributed by atoms with E-state index in [0.29, 0.717) is 20.7 Å². The second kappa shape index (κ2) is 7.14. The number of unbranched alkanes of at least 4 members (excludes halogenated alkanes) is 1. The molecule has 0 aliphatic rings. The zero-order valence-corrected chi connectivity index (χ0v) is 11.9. The summed E-state index contributed by atoms with van der Waals surface area (Å²) in [4.78, 5) is 14.7. The van der Waals surface area contributed by atoms with E-state index in [4.69, 9.17) is 0 Å². The van der Waals surface area contributed by atoms with Crippen LogP contribution in [0.3, 0.4) is 0 Å². The number of aldehydes is 1. The van der Waals surface area contributed by atoms with E-state index in [1.807, 2.05) is 4.57 Å². The average molecular weight is 307 g/mol. The van der Waals surface area contributed by atoms with Crippen molar-refractivity contribution in [3.05, 3.63) is 48.5 Å². The van der Waals surface area contributed by atoms with Crippen LogP contribution in [0.1, 0.15) is 23.3 Å². The van der Waals surface area contributed by atoms with E-state index < -0.39 is 0 Å². The summed E-state index contributed by atoms with van der Waals surface area (Å²) in [6.45, 7) is 0.888. The molecule has 1 heterocycles. The number of hydrogen-bond donors (Lipinski definition) is 0. The number of rotatable bonds is 7. The van der Waals surface area contributed by atoms with Crippen LogP contribution in [0.25, 0.3) is 0 Å². The third-order valence-corrected chi connectivity index (χ3v) is 4.97. The van der Waals surface area contributed by atoms with E-state index >= 15 is 0 Å². The Balaban J connectivity index is 1.66. The molecule has 3 nitrogen and oxygen atoms in total. The topological polar surface area (TPSA) is 34.9 Å². The first kappa shape index (κ1) is 13.1. The first-order chi connectivity index (χ1) is 8.90. The summed E-state index contributed by atoms with van der Waals surface area (Å²) >= 11 is 0.573. The predicted octanol–water partition coefficient (Wildman–Crippen LogP) is 1.92.